The number of rotatable bonds is 6. The summed E-state index contributed by atoms with van der Waals surface area (Å²) in [4.78, 5) is 14.3. The van der Waals surface area contributed by atoms with Gasteiger partial charge in [-0.05, 0) is 79.7 Å². The fourth-order valence-corrected chi connectivity index (χ4v) is 4.48. The highest BCUT2D eigenvalue weighted by Crippen LogP contribution is 2.27. The van der Waals surface area contributed by atoms with Gasteiger partial charge in [0.05, 0.1) is 12.6 Å². The first-order valence-corrected chi connectivity index (χ1v) is 10.9. The third-order valence-electron chi connectivity index (χ3n) is 5.79. The molecule has 156 valence electrons. The van der Waals surface area contributed by atoms with E-state index in [1.54, 1.807) is 11.0 Å². The van der Waals surface area contributed by atoms with Crippen LogP contribution in [0.4, 0.5) is 0 Å². The molecule has 1 aromatic heterocycles. The Labute approximate surface area is 180 Å². The first-order valence-electron chi connectivity index (χ1n) is 10.5. The van der Waals surface area contributed by atoms with Crippen molar-refractivity contribution >= 4 is 29.3 Å². The number of carbonyl (C=O) groups excluding carboxylic acids is 1. The van der Waals surface area contributed by atoms with Crippen molar-refractivity contribution in [3.8, 4) is 5.75 Å². The van der Waals surface area contributed by atoms with E-state index in [4.69, 9.17) is 26.1 Å². The fraction of sp³-hybridized carbons (Fsp3) is 0.391. The van der Waals surface area contributed by atoms with Crippen LogP contribution in [-0.2, 0) is 29.0 Å². The number of hydrogen-bond donors (Lipinski definition) is 1. The van der Waals surface area contributed by atoms with Crippen molar-refractivity contribution in [2.45, 2.75) is 44.8 Å². The molecule has 0 spiro atoms. The summed E-state index contributed by atoms with van der Waals surface area (Å²) >= 11 is 5.33. The zero-order chi connectivity index (χ0) is 20.5. The summed E-state index contributed by atoms with van der Waals surface area (Å²) in [5.74, 6) is 1.99. The van der Waals surface area contributed by atoms with Gasteiger partial charge in [0.25, 0.3) is 5.91 Å². The van der Waals surface area contributed by atoms with Crippen LogP contribution >= 0.6 is 12.2 Å². The molecular weight excluding hydrogens is 400 g/mol. The molecule has 1 aromatic carbocycles. The second-order valence-corrected chi connectivity index (χ2v) is 8.30. The molecule has 6 nitrogen and oxygen atoms in total. The van der Waals surface area contributed by atoms with Crippen molar-refractivity contribution < 1.29 is 18.7 Å². The number of thiocarbonyl (C=S) groups is 1. The highest BCUT2D eigenvalue weighted by atomic mass is 32.1. The van der Waals surface area contributed by atoms with E-state index in [9.17, 15) is 4.79 Å². The Morgan fingerprint density at radius 1 is 1.20 bits per heavy atom. The highest BCUT2D eigenvalue weighted by Gasteiger charge is 2.33. The number of fused-ring (bicyclic) bond motifs is 1. The maximum absolute atomic E-state index is 12.7. The lowest BCUT2D eigenvalue weighted by atomic mass is 10.1. The minimum atomic E-state index is -0.150. The Bertz CT molecular complexity index is 1010. The molecule has 3 aliphatic rings. The highest BCUT2D eigenvalue weighted by molar-refractivity contribution is 7.80. The monoisotopic (exact) mass is 424 g/mol. The molecule has 1 aliphatic carbocycles. The van der Waals surface area contributed by atoms with Crippen LogP contribution in [0.1, 0.15) is 41.9 Å². The van der Waals surface area contributed by atoms with Crippen LogP contribution in [0.3, 0.4) is 0 Å². The lowest BCUT2D eigenvalue weighted by Gasteiger charge is -2.18. The van der Waals surface area contributed by atoms with Crippen molar-refractivity contribution in [2.24, 2.45) is 0 Å². The standard InChI is InChI=1S/C23H24N2O4S/c26-22-21(24-23(30)25(22)13-19-5-2-10-27-19)12-18-8-9-20(29-18)14-28-17-7-6-15-3-1-4-16(15)11-17/h6-9,11-12,19H,1-5,10,13-14H2,(H,24,30)/b21-12+. The number of furan rings is 1. The lowest BCUT2D eigenvalue weighted by Crippen LogP contribution is -2.37. The number of nitrogens with zero attached hydrogens (tertiary/aromatic N) is 1. The zero-order valence-electron chi connectivity index (χ0n) is 16.7. The van der Waals surface area contributed by atoms with Gasteiger partial charge in [-0.3, -0.25) is 9.69 Å². The molecular formula is C23H24N2O4S. The normalized spacial score (nSPS) is 22.1. The van der Waals surface area contributed by atoms with Crippen molar-refractivity contribution in [2.75, 3.05) is 13.2 Å². The number of amides is 1. The summed E-state index contributed by atoms with van der Waals surface area (Å²) in [6.45, 7) is 1.57. The summed E-state index contributed by atoms with van der Waals surface area (Å²) in [5.41, 5.74) is 3.22. The van der Waals surface area contributed by atoms with Crippen molar-refractivity contribution in [3.05, 3.63) is 58.7 Å². The Balaban J connectivity index is 1.21. The summed E-state index contributed by atoms with van der Waals surface area (Å²) in [6, 6.07) is 9.98. The van der Waals surface area contributed by atoms with E-state index in [2.05, 4.69) is 17.4 Å². The van der Waals surface area contributed by atoms with Crippen molar-refractivity contribution in [3.63, 3.8) is 0 Å². The van der Waals surface area contributed by atoms with Gasteiger partial charge in [-0.1, -0.05) is 6.07 Å². The second kappa shape index (κ2) is 8.24. The minimum Gasteiger partial charge on any atom is -0.486 e. The summed E-state index contributed by atoms with van der Waals surface area (Å²) in [7, 11) is 0. The number of benzene rings is 1. The summed E-state index contributed by atoms with van der Waals surface area (Å²) in [6.07, 6.45) is 7.22. The topological polar surface area (TPSA) is 63.9 Å². The van der Waals surface area contributed by atoms with E-state index in [1.165, 1.54) is 17.5 Å². The number of ether oxygens (including phenoxy) is 2. The number of hydrogen-bond acceptors (Lipinski definition) is 5. The first kappa shape index (κ1) is 19.3. The Kier molecular flexibility index (Phi) is 5.31. The molecule has 1 unspecified atom stereocenters. The number of aryl methyl sites for hydroxylation is 2. The van der Waals surface area contributed by atoms with E-state index in [-0.39, 0.29) is 12.0 Å². The largest absolute Gasteiger partial charge is 0.486 e. The van der Waals surface area contributed by atoms with Gasteiger partial charge in [0.1, 0.15) is 29.6 Å². The van der Waals surface area contributed by atoms with Crippen LogP contribution in [-0.4, -0.2) is 35.2 Å². The minimum absolute atomic E-state index is 0.0552. The van der Waals surface area contributed by atoms with Gasteiger partial charge in [0, 0.05) is 12.7 Å². The van der Waals surface area contributed by atoms with Gasteiger partial charge < -0.3 is 19.2 Å². The average Bonchev–Trinajstić information content (AvgIpc) is 3.53. The van der Waals surface area contributed by atoms with Gasteiger partial charge in [-0.15, -0.1) is 0 Å². The van der Waals surface area contributed by atoms with Crippen LogP contribution in [0.5, 0.6) is 5.75 Å². The third kappa shape index (κ3) is 4.00. The van der Waals surface area contributed by atoms with E-state index < -0.39 is 0 Å². The van der Waals surface area contributed by atoms with E-state index >= 15 is 0 Å². The molecule has 1 amide bonds. The molecule has 3 heterocycles. The fourth-order valence-electron chi connectivity index (χ4n) is 4.21. The Morgan fingerprint density at radius 2 is 2.10 bits per heavy atom. The van der Waals surface area contributed by atoms with Crippen molar-refractivity contribution in [1.82, 2.24) is 10.2 Å². The van der Waals surface area contributed by atoms with Crippen molar-refractivity contribution in [1.29, 1.82) is 0 Å². The molecule has 2 saturated heterocycles. The summed E-state index contributed by atoms with van der Waals surface area (Å²) in [5, 5.41) is 3.40. The van der Waals surface area contributed by atoms with E-state index in [0.29, 0.717) is 35.5 Å². The molecule has 0 saturated carbocycles. The Morgan fingerprint density at radius 3 is 2.97 bits per heavy atom. The molecule has 30 heavy (non-hydrogen) atoms. The van der Waals surface area contributed by atoms with E-state index in [1.807, 2.05) is 18.2 Å². The quantitative estimate of drug-likeness (QED) is 0.565. The molecule has 5 rings (SSSR count). The predicted octanol–water partition coefficient (Wildman–Crippen LogP) is 3.58. The van der Waals surface area contributed by atoms with Gasteiger partial charge in [0.2, 0.25) is 0 Å². The predicted molar refractivity (Wildman–Crippen MR) is 116 cm³/mol. The van der Waals surface area contributed by atoms with Crippen LogP contribution in [0.25, 0.3) is 6.08 Å². The van der Waals surface area contributed by atoms with Crippen LogP contribution in [0.15, 0.2) is 40.4 Å². The van der Waals surface area contributed by atoms with Crippen LogP contribution in [0.2, 0.25) is 0 Å². The third-order valence-corrected chi connectivity index (χ3v) is 6.12. The molecule has 2 aromatic rings. The van der Waals surface area contributed by atoms with E-state index in [0.717, 1.165) is 38.0 Å². The number of nitrogens with one attached hydrogen (secondary N) is 1. The molecule has 0 bridgehead atoms. The molecule has 2 aliphatic heterocycles. The average molecular weight is 425 g/mol. The van der Waals surface area contributed by atoms with Gasteiger partial charge in [-0.2, -0.15) is 0 Å². The SMILES string of the molecule is O=C1/C(=C\c2ccc(COc3ccc4c(c3)CCC4)o2)NC(=S)N1CC1CCCO1. The van der Waals surface area contributed by atoms with Crippen LogP contribution in [0, 0.1) is 0 Å². The first-order chi connectivity index (χ1) is 14.7. The Hall–Kier alpha value is -2.64. The molecule has 0 radical (unpaired) electrons. The second-order valence-electron chi connectivity index (χ2n) is 7.92. The molecule has 1 atom stereocenters. The van der Waals surface area contributed by atoms with Gasteiger partial charge >= 0.3 is 0 Å². The molecule has 1 N–H and O–H groups in total. The van der Waals surface area contributed by atoms with Gasteiger partial charge in [-0.25, -0.2) is 0 Å². The number of carbonyl (C=O) groups is 1. The smallest absolute Gasteiger partial charge is 0.276 e. The lowest BCUT2D eigenvalue weighted by molar-refractivity contribution is -0.123. The maximum atomic E-state index is 12.7. The molecule has 2 fully saturated rings. The van der Waals surface area contributed by atoms with Crippen LogP contribution < -0.4 is 10.1 Å². The maximum Gasteiger partial charge on any atom is 0.276 e. The zero-order valence-corrected chi connectivity index (χ0v) is 17.5. The van der Waals surface area contributed by atoms with Gasteiger partial charge in [0.15, 0.2) is 5.11 Å². The summed E-state index contributed by atoms with van der Waals surface area (Å²) < 4.78 is 17.3. The molecule has 7 heteroatoms.